The molecular formula is C28H43NO10. The fraction of sp³-hybridized carbons (Fsp3) is 0.643. The van der Waals surface area contributed by atoms with E-state index in [2.05, 4.69) is 5.32 Å². The van der Waals surface area contributed by atoms with Crippen LogP contribution in [0.4, 0.5) is 9.59 Å². The van der Waals surface area contributed by atoms with Crippen LogP contribution in [0.5, 0.6) is 11.5 Å². The van der Waals surface area contributed by atoms with Crippen molar-refractivity contribution in [1.82, 2.24) is 5.32 Å². The summed E-state index contributed by atoms with van der Waals surface area (Å²) in [5.41, 5.74) is 0.478. The molecule has 0 aliphatic carbocycles. The first-order valence-corrected chi connectivity index (χ1v) is 13.2. The average Bonchev–Trinajstić information content (AvgIpc) is 2.84. The smallest absolute Gasteiger partial charge is 0.480 e. The van der Waals surface area contributed by atoms with E-state index >= 15 is 0 Å². The maximum Gasteiger partial charge on any atom is 0.513 e. The van der Waals surface area contributed by atoms with Crippen molar-refractivity contribution in [2.75, 3.05) is 19.8 Å². The standard InChI is InChI=1S/C28H43NO10/c1-17(2)8-11-25(30)37-20(7)14-29-22(26(31)32)12-21-9-10-23(38-27(33)35-15-18(3)4)24(13-21)39-28(34)36-16-19(5)6/h9-10,13,17-20,22,29H,8,11-12,14-16H2,1-7H3,(H,31,32)/t20?,22-/m0/s1. The van der Waals surface area contributed by atoms with E-state index in [-0.39, 0.29) is 55.5 Å². The Hall–Kier alpha value is -3.34. The Morgan fingerprint density at radius 2 is 1.38 bits per heavy atom. The zero-order valence-corrected chi connectivity index (χ0v) is 24.0. The first-order valence-electron chi connectivity index (χ1n) is 13.2. The number of carbonyl (C=O) groups excluding carboxylic acids is 3. The Balaban J connectivity index is 2.95. The molecule has 1 unspecified atom stereocenters. The lowest BCUT2D eigenvalue weighted by atomic mass is 10.0. The SMILES string of the molecule is CC(C)CCC(=O)OC(C)CN[C@@H](Cc1ccc(OC(=O)OCC(C)C)c(OC(=O)OCC(C)C)c1)C(=O)O. The van der Waals surface area contributed by atoms with Crippen molar-refractivity contribution < 1.29 is 48.0 Å². The zero-order chi connectivity index (χ0) is 29.5. The molecule has 0 spiro atoms. The maximum absolute atomic E-state index is 12.2. The first kappa shape index (κ1) is 33.7. The van der Waals surface area contributed by atoms with Gasteiger partial charge in [-0.25, -0.2) is 9.59 Å². The number of rotatable bonds is 16. The fourth-order valence-corrected chi connectivity index (χ4v) is 3.07. The topological polar surface area (TPSA) is 147 Å². The number of carbonyl (C=O) groups is 4. The summed E-state index contributed by atoms with van der Waals surface area (Å²) < 4.78 is 25.9. The summed E-state index contributed by atoms with van der Waals surface area (Å²) >= 11 is 0. The van der Waals surface area contributed by atoms with Crippen molar-refractivity contribution in [3.63, 3.8) is 0 Å². The molecule has 0 heterocycles. The number of carboxylic acid groups (broad SMARTS) is 1. The van der Waals surface area contributed by atoms with E-state index in [9.17, 15) is 24.3 Å². The summed E-state index contributed by atoms with van der Waals surface area (Å²) in [5, 5.41) is 12.6. The predicted octanol–water partition coefficient (Wildman–Crippen LogP) is 4.98. The van der Waals surface area contributed by atoms with Gasteiger partial charge in [-0.15, -0.1) is 0 Å². The molecule has 0 saturated carbocycles. The van der Waals surface area contributed by atoms with Gasteiger partial charge in [-0.2, -0.15) is 0 Å². The van der Waals surface area contributed by atoms with Crippen LogP contribution in [-0.4, -0.2) is 61.3 Å². The van der Waals surface area contributed by atoms with Crippen LogP contribution in [0.25, 0.3) is 0 Å². The van der Waals surface area contributed by atoms with Gasteiger partial charge in [-0.3, -0.25) is 9.59 Å². The third-order valence-corrected chi connectivity index (χ3v) is 5.11. The highest BCUT2D eigenvalue weighted by Gasteiger charge is 2.22. The second-order valence-electron chi connectivity index (χ2n) is 10.6. The molecule has 2 atom stereocenters. The number of ether oxygens (including phenoxy) is 5. The van der Waals surface area contributed by atoms with Crippen LogP contribution in [0, 0.1) is 17.8 Å². The van der Waals surface area contributed by atoms with Crippen molar-refractivity contribution in [1.29, 1.82) is 0 Å². The summed E-state index contributed by atoms with van der Waals surface area (Å²) in [5.74, 6) is -1.13. The van der Waals surface area contributed by atoms with Gasteiger partial charge in [0.1, 0.15) is 12.1 Å². The molecule has 0 aromatic heterocycles. The molecule has 2 N–H and O–H groups in total. The second kappa shape index (κ2) is 17.3. The van der Waals surface area contributed by atoms with Crippen molar-refractivity contribution >= 4 is 24.2 Å². The van der Waals surface area contributed by atoms with Crippen molar-refractivity contribution in [3.05, 3.63) is 23.8 Å². The molecule has 1 aromatic carbocycles. The van der Waals surface area contributed by atoms with Gasteiger partial charge < -0.3 is 34.1 Å². The van der Waals surface area contributed by atoms with Crippen molar-refractivity contribution in [2.45, 2.75) is 79.9 Å². The molecule has 220 valence electrons. The molecular weight excluding hydrogens is 510 g/mol. The lowest BCUT2D eigenvalue weighted by molar-refractivity contribution is -0.148. The Morgan fingerprint density at radius 1 is 0.821 bits per heavy atom. The minimum Gasteiger partial charge on any atom is -0.480 e. The normalized spacial score (nSPS) is 12.7. The van der Waals surface area contributed by atoms with Gasteiger partial charge in [0, 0.05) is 13.0 Å². The van der Waals surface area contributed by atoms with E-state index in [1.165, 1.54) is 12.1 Å². The molecule has 0 bridgehead atoms. The van der Waals surface area contributed by atoms with Crippen LogP contribution in [0.3, 0.4) is 0 Å². The number of benzene rings is 1. The second-order valence-corrected chi connectivity index (χ2v) is 10.6. The van der Waals surface area contributed by atoms with Crippen LogP contribution in [-0.2, 0) is 30.2 Å². The lowest BCUT2D eigenvalue weighted by Crippen LogP contribution is -2.42. The van der Waals surface area contributed by atoms with Gasteiger partial charge in [0.25, 0.3) is 0 Å². The molecule has 0 fully saturated rings. The molecule has 0 aliphatic rings. The van der Waals surface area contributed by atoms with Gasteiger partial charge in [0.05, 0.1) is 13.2 Å². The maximum atomic E-state index is 12.2. The highest BCUT2D eigenvalue weighted by atomic mass is 16.7. The largest absolute Gasteiger partial charge is 0.513 e. The number of nitrogens with one attached hydrogen (secondary N) is 1. The van der Waals surface area contributed by atoms with E-state index in [1.54, 1.807) is 13.0 Å². The summed E-state index contributed by atoms with van der Waals surface area (Å²) in [4.78, 5) is 48.1. The third-order valence-electron chi connectivity index (χ3n) is 5.11. The van der Waals surface area contributed by atoms with Crippen molar-refractivity contribution in [3.8, 4) is 11.5 Å². The van der Waals surface area contributed by atoms with Gasteiger partial charge >= 0.3 is 24.2 Å². The zero-order valence-electron chi connectivity index (χ0n) is 24.0. The molecule has 0 saturated heterocycles. The molecule has 0 radical (unpaired) electrons. The lowest BCUT2D eigenvalue weighted by Gasteiger charge is -2.19. The number of esters is 1. The average molecular weight is 554 g/mol. The Labute approximate surface area is 230 Å². The van der Waals surface area contributed by atoms with E-state index < -0.39 is 30.4 Å². The van der Waals surface area contributed by atoms with E-state index in [0.717, 1.165) is 0 Å². The quantitative estimate of drug-likeness (QED) is 0.162. The monoisotopic (exact) mass is 553 g/mol. The number of aliphatic carboxylic acids is 1. The summed E-state index contributed by atoms with van der Waals surface area (Å²) in [7, 11) is 0. The first-order chi connectivity index (χ1) is 18.3. The summed E-state index contributed by atoms with van der Waals surface area (Å²) in [6, 6.07) is 3.29. The highest BCUT2D eigenvalue weighted by Crippen LogP contribution is 2.30. The minimum atomic E-state index is -1.12. The van der Waals surface area contributed by atoms with Crippen LogP contribution in [0.1, 0.15) is 66.9 Å². The minimum absolute atomic E-state index is 0.00116. The van der Waals surface area contributed by atoms with E-state index in [4.69, 9.17) is 23.7 Å². The van der Waals surface area contributed by atoms with Crippen LogP contribution in [0.15, 0.2) is 18.2 Å². The summed E-state index contributed by atoms with van der Waals surface area (Å²) in [6.45, 7) is 13.5. The molecule has 1 rings (SSSR count). The number of carboxylic acids is 1. The number of hydrogen-bond acceptors (Lipinski definition) is 10. The van der Waals surface area contributed by atoms with Gasteiger partial charge in [0.2, 0.25) is 0 Å². The molecule has 0 aliphatic heterocycles. The predicted molar refractivity (Wildman–Crippen MR) is 143 cm³/mol. The number of hydrogen-bond donors (Lipinski definition) is 2. The van der Waals surface area contributed by atoms with E-state index in [1.807, 2.05) is 41.5 Å². The Bertz CT molecular complexity index is 944. The third kappa shape index (κ3) is 15.0. The molecule has 11 nitrogen and oxygen atoms in total. The van der Waals surface area contributed by atoms with Crippen LogP contribution < -0.4 is 14.8 Å². The van der Waals surface area contributed by atoms with E-state index in [0.29, 0.717) is 24.3 Å². The van der Waals surface area contributed by atoms with Gasteiger partial charge in [0.15, 0.2) is 11.5 Å². The Kier molecular flexibility index (Phi) is 14.9. The van der Waals surface area contributed by atoms with Crippen molar-refractivity contribution in [2.24, 2.45) is 17.8 Å². The van der Waals surface area contributed by atoms with Gasteiger partial charge in [-0.05, 0) is 55.2 Å². The van der Waals surface area contributed by atoms with Crippen LogP contribution in [0.2, 0.25) is 0 Å². The Morgan fingerprint density at radius 3 is 1.90 bits per heavy atom. The fourth-order valence-electron chi connectivity index (χ4n) is 3.07. The molecule has 11 heteroatoms. The molecule has 1 aromatic rings. The highest BCUT2D eigenvalue weighted by molar-refractivity contribution is 5.74. The summed E-state index contributed by atoms with van der Waals surface area (Å²) in [6.07, 6.45) is -1.50. The van der Waals surface area contributed by atoms with Crippen LogP contribution >= 0.6 is 0 Å². The van der Waals surface area contributed by atoms with Gasteiger partial charge in [-0.1, -0.05) is 47.6 Å². The molecule has 39 heavy (non-hydrogen) atoms. The molecule has 0 amide bonds.